The summed E-state index contributed by atoms with van der Waals surface area (Å²) in [4.78, 5) is 5.22. The smallest absolute Gasteiger partial charge is 0.0716 e. The lowest BCUT2D eigenvalue weighted by Gasteiger charge is -2.13. The van der Waals surface area contributed by atoms with Crippen molar-refractivity contribution in [1.82, 2.24) is 14.1 Å². The van der Waals surface area contributed by atoms with Crippen molar-refractivity contribution in [2.45, 2.75) is 27.7 Å². The third-order valence-corrected chi connectivity index (χ3v) is 9.27. The highest BCUT2D eigenvalue weighted by atomic mass is 15.0. The van der Waals surface area contributed by atoms with E-state index in [1.54, 1.807) is 0 Å². The van der Waals surface area contributed by atoms with E-state index in [1.165, 1.54) is 38.3 Å². The zero-order chi connectivity index (χ0) is 35.9. The molecule has 0 bridgehead atoms. The Labute approximate surface area is 306 Å². The number of pyridine rings is 1. The number of aromatic nitrogens is 3. The van der Waals surface area contributed by atoms with Crippen molar-refractivity contribution in [2.75, 3.05) is 0 Å². The van der Waals surface area contributed by atoms with Gasteiger partial charge in [-0.1, -0.05) is 141 Å². The van der Waals surface area contributed by atoms with Crippen LogP contribution in [0.2, 0.25) is 0 Å². The van der Waals surface area contributed by atoms with Crippen LogP contribution in [0.3, 0.4) is 0 Å². The summed E-state index contributed by atoms with van der Waals surface area (Å²) in [5, 5.41) is 3.71. The van der Waals surface area contributed by atoms with Gasteiger partial charge >= 0.3 is 0 Å². The number of benzene rings is 6. The Morgan fingerprint density at radius 3 is 1.69 bits per heavy atom. The molecule has 254 valence electrons. The molecule has 9 aromatic rings. The van der Waals surface area contributed by atoms with Crippen LogP contribution in [0.25, 0.3) is 77.7 Å². The van der Waals surface area contributed by atoms with Gasteiger partial charge in [-0.25, -0.2) is 4.98 Å². The monoisotopic (exact) mass is 673 g/mol. The summed E-state index contributed by atoms with van der Waals surface area (Å²) in [5.74, 6) is 0. The van der Waals surface area contributed by atoms with E-state index in [9.17, 15) is 0 Å². The molecule has 0 aliphatic rings. The molecular weight excluding hydrogens is 631 g/mol. The molecule has 0 radical (unpaired) electrons. The molecule has 0 saturated carbocycles. The molecule has 0 amide bonds. The number of allylic oxidation sites excluding steroid dienone is 2. The van der Waals surface area contributed by atoms with Gasteiger partial charge in [0.25, 0.3) is 0 Å². The highest BCUT2D eigenvalue weighted by Gasteiger charge is 2.18. The van der Waals surface area contributed by atoms with E-state index >= 15 is 0 Å². The van der Waals surface area contributed by atoms with Crippen molar-refractivity contribution in [1.29, 1.82) is 0 Å². The van der Waals surface area contributed by atoms with Crippen molar-refractivity contribution in [2.24, 2.45) is 0 Å². The summed E-state index contributed by atoms with van der Waals surface area (Å²) in [5.41, 5.74) is 12.2. The van der Waals surface area contributed by atoms with E-state index in [0.29, 0.717) is 0 Å². The Balaban J connectivity index is 0.000000658. The number of rotatable bonds is 5. The average molecular weight is 674 g/mol. The Hall–Kier alpha value is -6.45. The molecule has 3 aromatic heterocycles. The molecule has 0 aliphatic carbocycles. The maximum Gasteiger partial charge on any atom is 0.0716 e. The molecule has 9 rings (SSSR count). The summed E-state index contributed by atoms with van der Waals surface area (Å²) in [6.45, 7) is 8.00. The number of para-hydroxylation sites is 2. The van der Waals surface area contributed by atoms with Crippen LogP contribution in [0.1, 0.15) is 27.7 Å². The van der Waals surface area contributed by atoms with Crippen LogP contribution >= 0.6 is 0 Å². The molecule has 0 aliphatic heterocycles. The lowest BCUT2D eigenvalue weighted by molar-refractivity contribution is 1.13. The lowest BCUT2D eigenvalue weighted by atomic mass is 10.00. The molecule has 3 heteroatoms. The van der Waals surface area contributed by atoms with E-state index in [1.807, 2.05) is 45.9 Å². The molecule has 3 heterocycles. The van der Waals surface area contributed by atoms with Crippen LogP contribution in [0.15, 0.2) is 188 Å². The first-order chi connectivity index (χ1) is 25.7. The van der Waals surface area contributed by atoms with Gasteiger partial charge in [0.1, 0.15) is 0 Å². The van der Waals surface area contributed by atoms with E-state index in [2.05, 4.69) is 179 Å². The maximum absolute atomic E-state index is 5.22. The maximum atomic E-state index is 5.22. The molecular formula is C49H43N3. The van der Waals surface area contributed by atoms with Crippen molar-refractivity contribution >= 4 is 32.7 Å². The fourth-order valence-electron chi connectivity index (χ4n) is 6.79. The predicted molar refractivity (Wildman–Crippen MR) is 224 cm³/mol. The van der Waals surface area contributed by atoms with Crippen molar-refractivity contribution < 1.29 is 0 Å². The topological polar surface area (TPSA) is 22.8 Å². The van der Waals surface area contributed by atoms with Gasteiger partial charge in [-0.2, -0.15) is 0 Å². The van der Waals surface area contributed by atoms with E-state index in [-0.39, 0.29) is 0 Å². The van der Waals surface area contributed by atoms with Crippen LogP contribution in [-0.2, 0) is 0 Å². The molecule has 0 unspecified atom stereocenters. The first kappa shape index (κ1) is 34.0. The number of nitrogens with zero attached hydrogens (tertiary/aromatic N) is 3. The Kier molecular flexibility index (Phi) is 10.2. The molecule has 0 atom stereocenters. The fourth-order valence-corrected chi connectivity index (χ4v) is 6.79. The Bertz CT molecular complexity index is 2530. The van der Waals surface area contributed by atoms with E-state index in [0.717, 1.165) is 39.5 Å². The summed E-state index contributed by atoms with van der Waals surface area (Å²) in [6, 6.07) is 60.3. The SMILES string of the molecule is C/C=C\C.CC.c1ccc(-c2cc(-c3ccccc3)nc(-c3cccc(-n4c5ccccc5c5ccc6c(ccn6-c6ccccc6)c54)c3)c2)cc1. The summed E-state index contributed by atoms with van der Waals surface area (Å²) >= 11 is 0. The predicted octanol–water partition coefficient (Wildman–Crippen LogP) is 13.7. The quantitative estimate of drug-likeness (QED) is 0.167. The van der Waals surface area contributed by atoms with Crippen LogP contribution in [0, 0.1) is 0 Å². The number of hydrogen-bond acceptors (Lipinski definition) is 1. The Morgan fingerprint density at radius 1 is 0.423 bits per heavy atom. The minimum absolute atomic E-state index is 0.947. The first-order valence-corrected chi connectivity index (χ1v) is 18.1. The van der Waals surface area contributed by atoms with Crippen molar-refractivity contribution in [3.8, 4) is 45.0 Å². The van der Waals surface area contributed by atoms with Crippen LogP contribution < -0.4 is 0 Å². The molecule has 3 nitrogen and oxygen atoms in total. The highest BCUT2D eigenvalue weighted by molar-refractivity contribution is 6.18. The molecule has 0 fully saturated rings. The fraction of sp³-hybridized carbons (Fsp3) is 0.0816. The van der Waals surface area contributed by atoms with Crippen LogP contribution in [0.4, 0.5) is 0 Å². The second kappa shape index (κ2) is 15.6. The Morgan fingerprint density at radius 2 is 1.00 bits per heavy atom. The minimum atomic E-state index is 0.947. The van der Waals surface area contributed by atoms with Crippen molar-refractivity contribution in [3.63, 3.8) is 0 Å². The zero-order valence-electron chi connectivity index (χ0n) is 30.2. The van der Waals surface area contributed by atoms with Gasteiger partial charge in [0, 0.05) is 44.9 Å². The van der Waals surface area contributed by atoms with Crippen LogP contribution in [0.5, 0.6) is 0 Å². The van der Waals surface area contributed by atoms with Crippen molar-refractivity contribution in [3.05, 3.63) is 188 Å². The largest absolute Gasteiger partial charge is 0.316 e. The lowest BCUT2D eigenvalue weighted by Crippen LogP contribution is -1.96. The second-order valence-electron chi connectivity index (χ2n) is 12.3. The van der Waals surface area contributed by atoms with Crippen LogP contribution in [-0.4, -0.2) is 14.1 Å². The molecule has 52 heavy (non-hydrogen) atoms. The average Bonchev–Trinajstić information content (AvgIpc) is 3.82. The standard InChI is InChI=1S/C43H29N3.C4H8.C2H6/c1-4-13-30(14-5-1)33-28-39(31-15-6-2-7-16-31)44-40(29-33)32-17-12-20-35(27-32)46-42-22-11-10-21-36(42)37-23-24-41-38(43(37)46)25-26-45(41)34-18-8-3-9-19-34;1-3-4-2;1-2/h1-29H;3-4H,1-2H3;1-2H3/b;4-3-;. The second-order valence-corrected chi connectivity index (χ2v) is 12.3. The normalized spacial score (nSPS) is 11.0. The highest BCUT2D eigenvalue weighted by Crippen LogP contribution is 2.38. The van der Waals surface area contributed by atoms with Gasteiger partial charge in [0.05, 0.1) is 27.9 Å². The van der Waals surface area contributed by atoms with Gasteiger partial charge in [-0.15, -0.1) is 0 Å². The van der Waals surface area contributed by atoms with E-state index < -0.39 is 0 Å². The summed E-state index contributed by atoms with van der Waals surface area (Å²) < 4.78 is 4.70. The van der Waals surface area contributed by atoms with E-state index in [4.69, 9.17) is 4.98 Å². The first-order valence-electron chi connectivity index (χ1n) is 18.1. The van der Waals surface area contributed by atoms with Gasteiger partial charge in [-0.3, -0.25) is 0 Å². The van der Waals surface area contributed by atoms with Gasteiger partial charge in [0.2, 0.25) is 0 Å². The molecule has 0 saturated heterocycles. The third-order valence-electron chi connectivity index (χ3n) is 9.27. The summed E-state index contributed by atoms with van der Waals surface area (Å²) in [6.07, 6.45) is 6.18. The van der Waals surface area contributed by atoms with Gasteiger partial charge in [0.15, 0.2) is 0 Å². The minimum Gasteiger partial charge on any atom is -0.316 e. The van der Waals surface area contributed by atoms with Gasteiger partial charge in [-0.05, 0) is 79.6 Å². The molecule has 0 N–H and O–H groups in total. The number of fused-ring (bicyclic) bond motifs is 5. The van der Waals surface area contributed by atoms with Gasteiger partial charge < -0.3 is 9.13 Å². The zero-order valence-corrected chi connectivity index (χ0v) is 30.2. The summed E-state index contributed by atoms with van der Waals surface area (Å²) in [7, 11) is 0. The molecule has 0 spiro atoms. The number of hydrogen-bond donors (Lipinski definition) is 0. The third kappa shape index (κ3) is 6.57. The molecule has 6 aromatic carbocycles.